The van der Waals surface area contributed by atoms with Crippen molar-refractivity contribution in [2.24, 2.45) is 7.05 Å². The van der Waals surface area contributed by atoms with E-state index in [-0.39, 0.29) is 11.9 Å². The number of benzene rings is 2. The summed E-state index contributed by atoms with van der Waals surface area (Å²) >= 11 is 0. The monoisotopic (exact) mass is 455 g/mol. The van der Waals surface area contributed by atoms with E-state index in [0.717, 1.165) is 71.4 Å². The minimum atomic E-state index is 0.00546. The van der Waals surface area contributed by atoms with Crippen LogP contribution in [-0.2, 0) is 13.5 Å². The van der Waals surface area contributed by atoms with Crippen LogP contribution < -0.4 is 15.4 Å². The van der Waals surface area contributed by atoms with Crippen LogP contribution in [0, 0.1) is 0 Å². The number of hydrogen-bond acceptors (Lipinski definition) is 5. The molecule has 1 fully saturated rings. The molecule has 2 aromatic heterocycles. The van der Waals surface area contributed by atoms with Crippen LogP contribution in [0.15, 0.2) is 60.9 Å². The van der Waals surface area contributed by atoms with Crippen LogP contribution in [0.5, 0.6) is 11.5 Å². The Morgan fingerprint density at radius 2 is 1.94 bits per heavy atom. The Morgan fingerprint density at radius 1 is 1.12 bits per heavy atom. The van der Waals surface area contributed by atoms with E-state index in [1.54, 1.807) is 6.20 Å². The number of carbonyl (C=O) groups excluding carboxylic acids is 1. The van der Waals surface area contributed by atoms with Gasteiger partial charge < -0.3 is 15.4 Å². The van der Waals surface area contributed by atoms with Gasteiger partial charge >= 0.3 is 0 Å². The molecule has 1 amide bonds. The summed E-state index contributed by atoms with van der Waals surface area (Å²) in [5.41, 5.74) is 4.53. The average molecular weight is 456 g/mol. The van der Waals surface area contributed by atoms with Crippen LogP contribution in [0.3, 0.4) is 0 Å². The Balaban J connectivity index is 1.36. The quantitative estimate of drug-likeness (QED) is 0.448. The highest BCUT2D eigenvalue weighted by Crippen LogP contribution is 2.29. The van der Waals surface area contributed by atoms with Gasteiger partial charge in [-0.15, -0.1) is 0 Å². The number of carbonyl (C=O) groups is 1. The van der Waals surface area contributed by atoms with Crippen LogP contribution in [0.1, 0.15) is 35.7 Å². The molecule has 5 rings (SSSR count). The zero-order chi connectivity index (χ0) is 23.5. The Bertz CT molecular complexity index is 1320. The number of nitrogens with one attached hydrogen (secondary N) is 2. The van der Waals surface area contributed by atoms with Crippen molar-refractivity contribution >= 4 is 16.8 Å². The highest BCUT2D eigenvalue weighted by Gasteiger charge is 2.18. The summed E-state index contributed by atoms with van der Waals surface area (Å²) in [7, 11) is 1.91. The first-order chi connectivity index (χ1) is 16.6. The third-order valence-electron chi connectivity index (χ3n) is 6.39. The fraction of sp³-hybridized carbons (Fsp3) is 0.296. The lowest BCUT2D eigenvalue weighted by Gasteiger charge is -2.24. The van der Waals surface area contributed by atoms with Crippen molar-refractivity contribution in [1.82, 2.24) is 25.4 Å². The van der Waals surface area contributed by atoms with Crippen molar-refractivity contribution in [3.63, 3.8) is 0 Å². The summed E-state index contributed by atoms with van der Waals surface area (Å²) in [6.07, 6.45) is 6.29. The Kier molecular flexibility index (Phi) is 6.27. The standard InChI is InChI=1S/C27H29N5O2/c1-3-18-14-19(5-7-24(18)27(33)31-21-8-11-28-12-9-21)25-15-23(10-13-29-25)34-22-6-4-20-17-30-32(2)26(20)16-22/h4-7,10,13-17,21,28H,3,8-9,11-12H2,1-2H3,(H,31,33). The van der Waals surface area contributed by atoms with Gasteiger partial charge in [-0.25, -0.2) is 0 Å². The van der Waals surface area contributed by atoms with Crippen LogP contribution in [0.2, 0.25) is 0 Å². The third-order valence-corrected chi connectivity index (χ3v) is 6.39. The number of aryl methyl sites for hydroxylation is 2. The molecule has 2 N–H and O–H groups in total. The third kappa shape index (κ3) is 4.65. The fourth-order valence-corrected chi connectivity index (χ4v) is 4.45. The number of nitrogens with zero attached hydrogens (tertiary/aromatic N) is 3. The Hall–Kier alpha value is -3.71. The molecule has 0 unspecified atom stereocenters. The molecular formula is C27H29N5O2. The molecule has 174 valence electrons. The van der Waals surface area contributed by atoms with Gasteiger partial charge in [0.05, 0.1) is 17.4 Å². The molecule has 3 heterocycles. The van der Waals surface area contributed by atoms with Gasteiger partial charge in [0, 0.05) is 47.9 Å². The smallest absolute Gasteiger partial charge is 0.251 e. The number of hydrogen-bond donors (Lipinski definition) is 2. The summed E-state index contributed by atoms with van der Waals surface area (Å²) in [6.45, 7) is 3.97. The number of aromatic nitrogens is 3. The zero-order valence-corrected chi connectivity index (χ0v) is 19.5. The van der Waals surface area contributed by atoms with Crippen LogP contribution in [-0.4, -0.2) is 39.8 Å². The number of ether oxygens (including phenoxy) is 1. The predicted octanol–water partition coefficient (Wildman–Crippen LogP) is 4.47. The van der Waals surface area contributed by atoms with E-state index in [4.69, 9.17) is 4.74 Å². The van der Waals surface area contributed by atoms with Gasteiger partial charge in [0.1, 0.15) is 11.5 Å². The lowest BCUT2D eigenvalue weighted by molar-refractivity contribution is 0.0928. The van der Waals surface area contributed by atoms with Crippen LogP contribution in [0.25, 0.3) is 22.2 Å². The highest BCUT2D eigenvalue weighted by molar-refractivity contribution is 5.96. The molecule has 0 spiro atoms. The first-order valence-electron chi connectivity index (χ1n) is 11.8. The molecule has 4 aromatic rings. The summed E-state index contributed by atoms with van der Waals surface area (Å²) in [6, 6.07) is 15.9. The molecule has 0 atom stereocenters. The lowest BCUT2D eigenvalue weighted by atomic mass is 9.98. The molecule has 1 saturated heterocycles. The van der Waals surface area contributed by atoms with Crippen LogP contribution >= 0.6 is 0 Å². The second kappa shape index (κ2) is 9.65. The topological polar surface area (TPSA) is 81.1 Å². The van der Waals surface area contributed by atoms with Gasteiger partial charge in [-0.2, -0.15) is 5.10 Å². The molecule has 0 bridgehead atoms. The summed E-state index contributed by atoms with van der Waals surface area (Å²) in [4.78, 5) is 17.5. The number of piperidine rings is 1. The highest BCUT2D eigenvalue weighted by atomic mass is 16.5. The first-order valence-corrected chi connectivity index (χ1v) is 11.8. The zero-order valence-electron chi connectivity index (χ0n) is 19.5. The molecule has 2 aromatic carbocycles. The maximum Gasteiger partial charge on any atom is 0.251 e. The summed E-state index contributed by atoms with van der Waals surface area (Å²) in [5.74, 6) is 1.45. The Morgan fingerprint density at radius 3 is 2.76 bits per heavy atom. The van der Waals surface area contributed by atoms with E-state index >= 15 is 0 Å². The molecule has 1 aliphatic rings. The van der Waals surface area contributed by atoms with E-state index < -0.39 is 0 Å². The van der Waals surface area contributed by atoms with Crippen molar-refractivity contribution < 1.29 is 9.53 Å². The summed E-state index contributed by atoms with van der Waals surface area (Å²) < 4.78 is 7.95. The van der Waals surface area contributed by atoms with E-state index in [9.17, 15) is 4.79 Å². The van der Waals surface area contributed by atoms with Crippen molar-refractivity contribution in [1.29, 1.82) is 0 Å². The average Bonchev–Trinajstić information content (AvgIpc) is 3.24. The molecule has 7 heteroatoms. The number of amides is 1. The van der Waals surface area contributed by atoms with Gasteiger partial charge in [-0.3, -0.25) is 14.5 Å². The van der Waals surface area contributed by atoms with E-state index in [1.807, 2.05) is 60.4 Å². The molecule has 0 radical (unpaired) electrons. The van der Waals surface area contributed by atoms with Crippen molar-refractivity contribution in [3.8, 4) is 22.8 Å². The van der Waals surface area contributed by atoms with Gasteiger partial charge in [0.25, 0.3) is 5.91 Å². The first kappa shape index (κ1) is 22.1. The SMILES string of the molecule is CCc1cc(-c2cc(Oc3ccc4cnn(C)c4c3)ccn2)ccc1C(=O)NC1CCNCC1. The number of rotatable bonds is 6. The van der Waals surface area contributed by atoms with Gasteiger partial charge in [0.15, 0.2) is 0 Å². The predicted molar refractivity (Wildman–Crippen MR) is 133 cm³/mol. The van der Waals surface area contributed by atoms with Gasteiger partial charge in [0.2, 0.25) is 0 Å². The molecular weight excluding hydrogens is 426 g/mol. The number of pyridine rings is 1. The molecule has 0 aliphatic carbocycles. The minimum absolute atomic E-state index is 0.00546. The van der Waals surface area contributed by atoms with Gasteiger partial charge in [-0.05, 0) is 68.2 Å². The fourth-order valence-electron chi connectivity index (χ4n) is 4.45. The van der Waals surface area contributed by atoms with Crippen LogP contribution in [0.4, 0.5) is 0 Å². The number of fused-ring (bicyclic) bond motifs is 1. The minimum Gasteiger partial charge on any atom is -0.457 e. The summed E-state index contributed by atoms with van der Waals surface area (Å²) in [5, 5.41) is 11.9. The van der Waals surface area contributed by atoms with Gasteiger partial charge in [-0.1, -0.05) is 13.0 Å². The largest absolute Gasteiger partial charge is 0.457 e. The molecule has 7 nitrogen and oxygen atoms in total. The Labute approximate surface area is 199 Å². The van der Waals surface area contributed by atoms with Crippen molar-refractivity contribution in [3.05, 3.63) is 72.1 Å². The molecule has 0 saturated carbocycles. The molecule has 1 aliphatic heterocycles. The molecule has 34 heavy (non-hydrogen) atoms. The maximum atomic E-state index is 12.9. The van der Waals surface area contributed by atoms with E-state index in [2.05, 4.69) is 33.7 Å². The normalized spacial score (nSPS) is 14.3. The van der Waals surface area contributed by atoms with Crippen molar-refractivity contribution in [2.75, 3.05) is 13.1 Å². The van der Waals surface area contributed by atoms with E-state index in [0.29, 0.717) is 5.75 Å². The van der Waals surface area contributed by atoms with E-state index in [1.165, 1.54) is 0 Å². The second-order valence-electron chi connectivity index (χ2n) is 8.69. The second-order valence-corrected chi connectivity index (χ2v) is 8.69. The van der Waals surface area contributed by atoms with Crippen molar-refractivity contribution in [2.45, 2.75) is 32.2 Å². The maximum absolute atomic E-state index is 12.9. The lowest BCUT2D eigenvalue weighted by Crippen LogP contribution is -2.42.